The van der Waals surface area contributed by atoms with Crippen LogP contribution in [0.15, 0.2) is 22.8 Å². The molecule has 0 amide bonds. The van der Waals surface area contributed by atoms with Crippen molar-refractivity contribution in [3.63, 3.8) is 0 Å². The highest BCUT2D eigenvalue weighted by molar-refractivity contribution is 9.10. The van der Waals surface area contributed by atoms with Crippen molar-refractivity contribution in [3.05, 3.63) is 34.3 Å². The lowest BCUT2D eigenvalue weighted by Crippen LogP contribution is -2.12. The Balaban J connectivity index is 2.03. The van der Waals surface area contributed by atoms with Crippen LogP contribution in [-0.4, -0.2) is 22.5 Å². The summed E-state index contributed by atoms with van der Waals surface area (Å²) in [6, 6.07) is 6.33. The van der Waals surface area contributed by atoms with E-state index in [2.05, 4.69) is 55.8 Å². The molecule has 1 N–H and O–H groups in total. The minimum atomic E-state index is 0.729. The number of fused-ring (bicyclic) bond motifs is 1. The van der Waals surface area contributed by atoms with Gasteiger partial charge in [-0.25, -0.2) is 4.98 Å². The number of nitrogens with zero attached hydrogens (tertiary/aromatic N) is 2. The second kappa shape index (κ2) is 4.42. The standard InChI is InChI=1S/C13H16BrN3/c1-9-3-2-4-11-13(14)16-12(17(9)11)7-10-5-6-15-8-10/h2-4,10,15H,5-8H2,1H3. The highest BCUT2D eigenvalue weighted by Gasteiger charge is 2.19. The normalized spacial score (nSPS) is 20.2. The number of nitrogens with one attached hydrogen (secondary N) is 1. The van der Waals surface area contributed by atoms with Gasteiger partial charge in [0.2, 0.25) is 0 Å². The van der Waals surface area contributed by atoms with Gasteiger partial charge in [0.25, 0.3) is 0 Å². The molecule has 4 heteroatoms. The lowest BCUT2D eigenvalue weighted by molar-refractivity contribution is 0.559. The number of hydrogen-bond acceptors (Lipinski definition) is 2. The highest BCUT2D eigenvalue weighted by atomic mass is 79.9. The Morgan fingerprint density at radius 3 is 3.18 bits per heavy atom. The topological polar surface area (TPSA) is 29.3 Å². The molecule has 3 rings (SSSR count). The summed E-state index contributed by atoms with van der Waals surface area (Å²) < 4.78 is 3.23. The smallest absolute Gasteiger partial charge is 0.132 e. The third kappa shape index (κ3) is 2.00. The molecule has 17 heavy (non-hydrogen) atoms. The monoisotopic (exact) mass is 293 g/mol. The van der Waals surface area contributed by atoms with Gasteiger partial charge in [-0.1, -0.05) is 6.07 Å². The van der Waals surface area contributed by atoms with Crippen LogP contribution >= 0.6 is 15.9 Å². The van der Waals surface area contributed by atoms with Crippen LogP contribution in [0.5, 0.6) is 0 Å². The minimum absolute atomic E-state index is 0.729. The SMILES string of the molecule is Cc1cccc2c(Br)nc(CC3CCNC3)n12. The minimum Gasteiger partial charge on any atom is -0.316 e. The van der Waals surface area contributed by atoms with Gasteiger partial charge in [0.05, 0.1) is 5.52 Å². The maximum absolute atomic E-state index is 4.67. The molecule has 3 heterocycles. The predicted molar refractivity (Wildman–Crippen MR) is 72.3 cm³/mol. The van der Waals surface area contributed by atoms with E-state index in [-0.39, 0.29) is 0 Å². The van der Waals surface area contributed by atoms with E-state index < -0.39 is 0 Å². The van der Waals surface area contributed by atoms with E-state index in [0.29, 0.717) is 0 Å². The Morgan fingerprint density at radius 2 is 2.41 bits per heavy atom. The van der Waals surface area contributed by atoms with Gasteiger partial charge < -0.3 is 5.32 Å². The number of pyridine rings is 1. The molecule has 1 atom stereocenters. The maximum atomic E-state index is 4.67. The van der Waals surface area contributed by atoms with Crippen molar-refractivity contribution >= 4 is 21.4 Å². The lowest BCUT2D eigenvalue weighted by atomic mass is 10.0. The van der Waals surface area contributed by atoms with Crippen LogP contribution in [0.1, 0.15) is 17.9 Å². The zero-order chi connectivity index (χ0) is 11.8. The molecule has 1 fully saturated rings. The van der Waals surface area contributed by atoms with Crippen molar-refractivity contribution in [3.8, 4) is 0 Å². The van der Waals surface area contributed by atoms with Crippen LogP contribution in [-0.2, 0) is 6.42 Å². The number of aryl methyl sites for hydroxylation is 1. The molecular formula is C13H16BrN3. The number of rotatable bonds is 2. The van der Waals surface area contributed by atoms with Crippen molar-refractivity contribution in [1.82, 2.24) is 14.7 Å². The fraction of sp³-hybridized carbons (Fsp3) is 0.462. The van der Waals surface area contributed by atoms with Crippen LogP contribution in [0.3, 0.4) is 0 Å². The average molecular weight is 294 g/mol. The zero-order valence-corrected chi connectivity index (χ0v) is 11.5. The summed E-state index contributed by atoms with van der Waals surface area (Å²) in [6.07, 6.45) is 2.32. The van der Waals surface area contributed by atoms with Crippen molar-refractivity contribution in [2.45, 2.75) is 19.8 Å². The van der Waals surface area contributed by atoms with E-state index in [1.54, 1.807) is 0 Å². The van der Waals surface area contributed by atoms with Gasteiger partial charge in [0.1, 0.15) is 10.4 Å². The average Bonchev–Trinajstić information content (AvgIpc) is 2.90. The molecule has 2 aromatic heterocycles. The van der Waals surface area contributed by atoms with E-state index in [1.807, 2.05) is 0 Å². The highest BCUT2D eigenvalue weighted by Crippen LogP contribution is 2.23. The first-order chi connectivity index (χ1) is 8.25. The molecule has 0 spiro atoms. The van der Waals surface area contributed by atoms with Gasteiger partial charge in [-0.05, 0) is 60.4 Å². The quantitative estimate of drug-likeness (QED) is 0.922. The molecule has 0 saturated carbocycles. The van der Waals surface area contributed by atoms with Gasteiger partial charge in [-0.2, -0.15) is 0 Å². The van der Waals surface area contributed by atoms with Crippen LogP contribution in [0, 0.1) is 12.8 Å². The van der Waals surface area contributed by atoms with E-state index in [9.17, 15) is 0 Å². The van der Waals surface area contributed by atoms with E-state index >= 15 is 0 Å². The van der Waals surface area contributed by atoms with E-state index in [1.165, 1.54) is 23.5 Å². The van der Waals surface area contributed by atoms with Crippen molar-refractivity contribution in [2.75, 3.05) is 13.1 Å². The molecular weight excluding hydrogens is 278 g/mol. The number of halogens is 1. The van der Waals surface area contributed by atoms with Gasteiger partial charge in [-0.3, -0.25) is 4.40 Å². The van der Waals surface area contributed by atoms with Crippen LogP contribution in [0.25, 0.3) is 5.52 Å². The number of imidazole rings is 1. The Labute approximate surface area is 109 Å². The van der Waals surface area contributed by atoms with Gasteiger partial charge in [0.15, 0.2) is 0 Å². The van der Waals surface area contributed by atoms with Crippen molar-refractivity contribution in [1.29, 1.82) is 0 Å². The van der Waals surface area contributed by atoms with E-state index in [0.717, 1.165) is 30.0 Å². The molecule has 0 bridgehead atoms. The molecule has 1 aliphatic heterocycles. The molecule has 1 aliphatic rings. The van der Waals surface area contributed by atoms with Crippen LogP contribution in [0.2, 0.25) is 0 Å². The summed E-state index contributed by atoms with van der Waals surface area (Å²) in [5.41, 5.74) is 2.42. The maximum Gasteiger partial charge on any atom is 0.132 e. The molecule has 0 aliphatic carbocycles. The molecule has 90 valence electrons. The summed E-state index contributed by atoms with van der Waals surface area (Å²) >= 11 is 3.55. The first-order valence-electron chi connectivity index (χ1n) is 6.09. The molecule has 2 aromatic rings. The Kier molecular flexibility index (Phi) is 2.92. The van der Waals surface area contributed by atoms with E-state index in [4.69, 9.17) is 0 Å². The molecule has 0 aromatic carbocycles. The first kappa shape index (κ1) is 11.2. The summed E-state index contributed by atoms with van der Waals surface area (Å²) in [6.45, 7) is 4.41. The van der Waals surface area contributed by atoms with Gasteiger partial charge in [-0.15, -0.1) is 0 Å². The predicted octanol–water partition coefficient (Wildman–Crippen LogP) is 2.56. The second-order valence-electron chi connectivity index (χ2n) is 4.77. The Hall–Kier alpha value is -0.870. The molecule has 3 nitrogen and oxygen atoms in total. The summed E-state index contributed by atoms with van der Waals surface area (Å²) in [4.78, 5) is 4.67. The zero-order valence-electron chi connectivity index (χ0n) is 9.91. The summed E-state index contributed by atoms with van der Waals surface area (Å²) in [5, 5.41) is 3.41. The summed E-state index contributed by atoms with van der Waals surface area (Å²) in [5.74, 6) is 1.91. The number of aromatic nitrogens is 2. The van der Waals surface area contributed by atoms with Gasteiger partial charge >= 0.3 is 0 Å². The van der Waals surface area contributed by atoms with Crippen LogP contribution < -0.4 is 5.32 Å². The fourth-order valence-electron chi connectivity index (χ4n) is 2.63. The largest absolute Gasteiger partial charge is 0.316 e. The third-order valence-corrected chi connectivity index (χ3v) is 4.10. The lowest BCUT2D eigenvalue weighted by Gasteiger charge is -2.08. The molecule has 1 saturated heterocycles. The van der Waals surface area contributed by atoms with Gasteiger partial charge in [0, 0.05) is 12.1 Å². The molecule has 0 radical (unpaired) electrons. The second-order valence-corrected chi connectivity index (χ2v) is 5.52. The van der Waals surface area contributed by atoms with Crippen LogP contribution in [0.4, 0.5) is 0 Å². The molecule has 1 unspecified atom stereocenters. The fourth-order valence-corrected chi connectivity index (χ4v) is 3.14. The van der Waals surface area contributed by atoms with Crippen molar-refractivity contribution < 1.29 is 0 Å². The first-order valence-corrected chi connectivity index (χ1v) is 6.88. The Bertz CT molecular complexity index is 541. The Morgan fingerprint density at radius 1 is 1.53 bits per heavy atom. The third-order valence-electron chi connectivity index (χ3n) is 3.52. The van der Waals surface area contributed by atoms with Crippen molar-refractivity contribution in [2.24, 2.45) is 5.92 Å². The number of hydrogen-bond donors (Lipinski definition) is 1. The summed E-state index contributed by atoms with van der Waals surface area (Å²) in [7, 11) is 0.